The van der Waals surface area contributed by atoms with E-state index in [2.05, 4.69) is 40.6 Å². The van der Waals surface area contributed by atoms with Gasteiger partial charge in [-0.1, -0.05) is 20.8 Å². The lowest BCUT2D eigenvalue weighted by Gasteiger charge is -2.23. The zero-order valence-electron chi connectivity index (χ0n) is 17.2. The lowest BCUT2D eigenvalue weighted by atomic mass is 9.93. The van der Waals surface area contributed by atoms with Crippen LogP contribution in [0.3, 0.4) is 0 Å². The van der Waals surface area contributed by atoms with Crippen molar-refractivity contribution < 1.29 is 13.2 Å². The lowest BCUT2D eigenvalue weighted by molar-refractivity contribution is -0.141. The van der Waals surface area contributed by atoms with Gasteiger partial charge in [-0.05, 0) is 18.6 Å². The Labute approximate surface area is 172 Å². The summed E-state index contributed by atoms with van der Waals surface area (Å²) < 4.78 is 40.7. The lowest BCUT2D eigenvalue weighted by Crippen LogP contribution is -2.32. The molecule has 0 amide bonds. The number of halogens is 3. The van der Waals surface area contributed by atoms with Crippen molar-refractivity contribution in [2.24, 2.45) is 0 Å². The molecule has 4 heterocycles. The fourth-order valence-electron chi connectivity index (χ4n) is 3.45. The zero-order valence-corrected chi connectivity index (χ0v) is 17.2. The molecule has 0 aliphatic carbocycles. The first-order valence-electron chi connectivity index (χ1n) is 9.87. The van der Waals surface area contributed by atoms with Crippen LogP contribution in [0.4, 0.5) is 24.8 Å². The SMILES string of the molecule is CC(C)(C)c1cn2nc(N3CCCN(c4cc(C(F)(F)F)ncn4)CC3)ccc2n1. The summed E-state index contributed by atoms with van der Waals surface area (Å²) in [7, 11) is 0. The molecule has 0 atom stereocenters. The van der Waals surface area contributed by atoms with Gasteiger partial charge >= 0.3 is 6.18 Å². The zero-order chi connectivity index (χ0) is 21.5. The van der Waals surface area contributed by atoms with Crippen molar-refractivity contribution in [2.75, 3.05) is 36.0 Å². The van der Waals surface area contributed by atoms with Crippen molar-refractivity contribution in [3.05, 3.63) is 42.1 Å². The molecule has 4 rings (SSSR count). The van der Waals surface area contributed by atoms with E-state index >= 15 is 0 Å². The minimum Gasteiger partial charge on any atom is -0.355 e. The van der Waals surface area contributed by atoms with E-state index in [0.29, 0.717) is 25.5 Å². The van der Waals surface area contributed by atoms with Gasteiger partial charge in [0, 0.05) is 37.7 Å². The Hall–Kier alpha value is -2.91. The van der Waals surface area contributed by atoms with Gasteiger partial charge in [-0.25, -0.2) is 19.5 Å². The predicted octanol–water partition coefficient (Wildman–Crippen LogP) is 3.55. The van der Waals surface area contributed by atoms with E-state index < -0.39 is 11.9 Å². The number of rotatable bonds is 2. The average Bonchev–Trinajstić information content (AvgIpc) is 2.97. The highest BCUT2D eigenvalue weighted by Crippen LogP contribution is 2.29. The molecule has 0 aromatic carbocycles. The topological polar surface area (TPSA) is 62.5 Å². The summed E-state index contributed by atoms with van der Waals surface area (Å²) in [6.07, 6.45) is -0.779. The summed E-state index contributed by atoms with van der Waals surface area (Å²) >= 11 is 0. The molecule has 1 aliphatic rings. The summed E-state index contributed by atoms with van der Waals surface area (Å²) in [6, 6.07) is 4.90. The van der Waals surface area contributed by atoms with Crippen LogP contribution in [-0.4, -0.2) is 50.7 Å². The van der Waals surface area contributed by atoms with Crippen LogP contribution in [0.15, 0.2) is 30.7 Å². The van der Waals surface area contributed by atoms with Crippen LogP contribution < -0.4 is 9.80 Å². The summed E-state index contributed by atoms with van der Waals surface area (Å²) in [6.45, 7) is 8.87. The van der Waals surface area contributed by atoms with Gasteiger partial charge in [0.1, 0.15) is 23.7 Å². The molecule has 0 radical (unpaired) electrons. The van der Waals surface area contributed by atoms with Crippen molar-refractivity contribution in [3.63, 3.8) is 0 Å². The van der Waals surface area contributed by atoms with Gasteiger partial charge in [-0.3, -0.25) is 0 Å². The Balaban J connectivity index is 1.52. The fraction of sp³-hybridized carbons (Fsp3) is 0.500. The molecule has 3 aromatic rings. The average molecular weight is 419 g/mol. The highest BCUT2D eigenvalue weighted by Gasteiger charge is 2.33. The number of hydrogen-bond acceptors (Lipinski definition) is 6. The number of nitrogens with zero attached hydrogens (tertiary/aromatic N) is 7. The highest BCUT2D eigenvalue weighted by molar-refractivity contribution is 5.48. The van der Waals surface area contributed by atoms with E-state index in [-0.39, 0.29) is 5.41 Å². The Morgan fingerprint density at radius 2 is 1.57 bits per heavy atom. The largest absolute Gasteiger partial charge is 0.433 e. The second kappa shape index (κ2) is 7.41. The summed E-state index contributed by atoms with van der Waals surface area (Å²) in [5, 5.41) is 4.71. The van der Waals surface area contributed by atoms with Gasteiger partial charge in [-0.15, -0.1) is 5.10 Å². The van der Waals surface area contributed by atoms with Crippen LogP contribution in [0, 0.1) is 0 Å². The third kappa shape index (κ3) is 4.17. The molecule has 0 N–H and O–H groups in total. The third-order valence-electron chi connectivity index (χ3n) is 5.16. The maximum absolute atomic E-state index is 13.0. The summed E-state index contributed by atoms with van der Waals surface area (Å²) in [4.78, 5) is 16.0. The van der Waals surface area contributed by atoms with E-state index in [1.54, 1.807) is 4.52 Å². The molecule has 10 heteroatoms. The third-order valence-corrected chi connectivity index (χ3v) is 5.16. The molecular formula is C20H24F3N7. The quantitative estimate of drug-likeness (QED) is 0.633. The second-order valence-corrected chi connectivity index (χ2v) is 8.46. The Bertz CT molecular complexity index is 1040. The number of hydrogen-bond donors (Lipinski definition) is 0. The van der Waals surface area contributed by atoms with Crippen LogP contribution in [0.25, 0.3) is 5.65 Å². The van der Waals surface area contributed by atoms with Gasteiger partial charge in [0.05, 0.1) is 11.9 Å². The molecule has 0 spiro atoms. The van der Waals surface area contributed by atoms with Crippen molar-refractivity contribution in [1.29, 1.82) is 0 Å². The number of aromatic nitrogens is 5. The molecule has 1 fully saturated rings. The minimum absolute atomic E-state index is 0.0657. The van der Waals surface area contributed by atoms with Crippen molar-refractivity contribution >= 4 is 17.3 Å². The molecule has 160 valence electrons. The van der Waals surface area contributed by atoms with E-state index in [4.69, 9.17) is 5.10 Å². The maximum Gasteiger partial charge on any atom is 0.433 e. The first-order chi connectivity index (χ1) is 14.1. The van der Waals surface area contributed by atoms with E-state index in [9.17, 15) is 13.2 Å². The first-order valence-corrected chi connectivity index (χ1v) is 9.87. The number of anilines is 2. The molecule has 1 saturated heterocycles. The summed E-state index contributed by atoms with van der Waals surface area (Å²) in [5.41, 5.74) is 0.777. The number of imidazole rings is 1. The molecule has 1 aliphatic heterocycles. The van der Waals surface area contributed by atoms with E-state index in [0.717, 1.165) is 42.5 Å². The van der Waals surface area contributed by atoms with Crippen LogP contribution in [0.2, 0.25) is 0 Å². The molecule has 30 heavy (non-hydrogen) atoms. The smallest absolute Gasteiger partial charge is 0.355 e. The van der Waals surface area contributed by atoms with Crippen molar-refractivity contribution in [3.8, 4) is 0 Å². The first kappa shape index (κ1) is 20.4. The Morgan fingerprint density at radius 3 is 2.23 bits per heavy atom. The standard InChI is InChI=1S/C20H24F3N7/c1-19(2,3)15-12-30-16(26-15)5-6-17(27-30)28-7-4-8-29(10-9-28)18-11-14(20(21,22)23)24-13-25-18/h5-6,11-13H,4,7-10H2,1-3H3. The number of alkyl halides is 3. The second-order valence-electron chi connectivity index (χ2n) is 8.46. The predicted molar refractivity (Wildman–Crippen MR) is 108 cm³/mol. The molecular weight excluding hydrogens is 395 g/mol. The van der Waals surface area contributed by atoms with Gasteiger partial charge in [0.25, 0.3) is 0 Å². The van der Waals surface area contributed by atoms with Gasteiger partial charge in [0.15, 0.2) is 5.65 Å². The van der Waals surface area contributed by atoms with Gasteiger partial charge < -0.3 is 9.80 Å². The minimum atomic E-state index is -4.48. The normalized spacial score (nSPS) is 16.2. The Morgan fingerprint density at radius 1 is 0.867 bits per heavy atom. The van der Waals surface area contributed by atoms with E-state index in [1.165, 1.54) is 0 Å². The maximum atomic E-state index is 13.0. The van der Waals surface area contributed by atoms with Crippen molar-refractivity contribution in [1.82, 2.24) is 24.6 Å². The molecule has 7 nitrogen and oxygen atoms in total. The molecule has 0 saturated carbocycles. The van der Waals surface area contributed by atoms with Gasteiger partial charge in [-0.2, -0.15) is 13.2 Å². The van der Waals surface area contributed by atoms with E-state index in [1.807, 2.05) is 23.2 Å². The monoisotopic (exact) mass is 419 g/mol. The molecule has 3 aromatic heterocycles. The summed E-state index contributed by atoms with van der Waals surface area (Å²) in [5.74, 6) is 1.12. The van der Waals surface area contributed by atoms with Crippen LogP contribution in [0.1, 0.15) is 38.6 Å². The van der Waals surface area contributed by atoms with Crippen LogP contribution in [0.5, 0.6) is 0 Å². The van der Waals surface area contributed by atoms with Crippen molar-refractivity contribution in [2.45, 2.75) is 38.8 Å². The number of fused-ring (bicyclic) bond motifs is 1. The Kier molecular flexibility index (Phi) is 5.03. The van der Waals surface area contributed by atoms with Crippen LogP contribution in [-0.2, 0) is 11.6 Å². The molecule has 0 unspecified atom stereocenters. The van der Waals surface area contributed by atoms with Gasteiger partial charge in [0.2, 0.25) is 0 Å². The van der Waals surface area contributed by atoms with Crippen LogP contribution >= 0.6 is 0 Å². The molecule has 0 bridgehead atoms. The highest BCUT2D eigenvalue weighted by atomic mass is 19.4. The fourth-order valence-corrected chi connectivity index (χ4v) is 3.45.